The summed E-state index contributed by atoms with van der Waals surface area (Å²) in [5.41, 5.74) is 3.39. The van der Waals surface area contributed by atoms with Crippen LogP contribution in [0.5, 0.6) is 0 Å². The van der Waals surface area contributed by atoms with Gasteiger partial charge in [0.1, 0.15) is 0 Å². The second-order valence-corrected chi connectivity index (χ2v) is 8.52. The number of nitrogens with zero attached hydrogens (tertiary/aromatic N) is 2. The molecule has 0 radical (unpaired) electrons. The Morgan fingerprint density at radius 3 is 2.38 bits per heavy atom. The van der Waals surface area contributed by atoms with Crippen molar-refractivity contribution in [2.45, 2.75) is 31.7 Å². The number of aryl methyl sites for hydroxylation is 1. The highest BCUT2D eigenvalue weighted by Gasteiger charge is 2.28. The number of sulfonamides is 1. The number of amides is 1. The first kappa shape index (κ1) is 18.6. The molecule has 0 saturated carbocycles. The van der Waals surface area contributed by atoms with Crippen molar-refractivity contribution in [3.8, 4) is 0 Å². The fourth-order valence-corrected chi connectivity index (χ4v) is 4.58. The molecule has 0 unspecified atom stereocenters. The van der Waals surface area contributed by atoms with E-state index in [4.69, 9.17) is 0 Å². The first-order valence-electron chi connectivity index (χ1n) is 8.83. The Morgan fingerprint density at radius 2 is 1.73 bits per heavy atom. The topological polar surface area (TPSA) is 57.7 Å². The van der Waals surface area contributed by atoms with Crippen molar-refractivity contribution in [1.29, 1.82) is 0 Å². The van der Waals surface area contributed by atoms with Gasteiger partial charge < -0.3 is 4.90 Å². The maximum Gasteiger partial charge on any atom is 0.243 e. The van der Waals surface area contributed by atoms with Gasteiger partial charge in [-0.05, 0) is 36.6 Å². The van der Waals surface area contributed by atoms with Crippen LogP contribution in [0.4, 0.5) is 0 Å². The maximum atomic E-state index is 12.8. The van der Waals surface area contributed by atoms with Gasteiger partial charge in [-0.1, -0.05) is 48.9 Å². The van der Waals surface area contributed by atoms with Crippen molar-refractivity contribution in [3.63, 3.8) is 0 Å². The molecule has 1 aliphatic heterocycles. The largest absolute Gasteiger partial charge is 0.337 e. The van der Waals surface area contributed by atoms with Crippen molar-refractivity contribution in [1.82, 2.24) is 9.21 Å². The van der Waals surface area contributed by atoms with Crippen LogP contribution in [0.25, 0.3) is 0 Å². The Bertz CT molecular complexity index is 892. The monoisotopic (exact) mass is 372 g/mol. The van der Waals surface area contributed by atoms with E-state index in [0.29, 0.717) is 13.1 Å². The van der Waals surface area contributed by atoms with E-state index >= 15 is 0 Å². The normalized spacial score (nSPS) is 14.3. The van der Waals surface area contributed by atoms with Gasteiger partial charge >= 0.3 is 0 Å². The molecule has 0 aromatic heterocycles. The van der Waals surface area contributed by atoms with Gasteiger partial charge in [0.25, 0.3) is 0 Å². The summed E-state index contributed by atoms with van der Waals surface area (Å²) in [5.74, 6) is -0.156. The zero-order valence-corrected chi connectivity index (χ0v) is 16.0. The Labute approximate surface area is 155 Å². The SMILES string of the molecule is CCN(CC(=O)N1CCc2ccccc2C1)S(=O)(=O)c1ccc(C)cc1. The van der Waals surface area contributed by atoms with Gasteiger partial charge in [-0.3, -0.25) is 4.79 Å². The summed E-state index contributed by atoms with van der Waals surface area (Å²) in [4.78, 5) is 14.7. The van der Waals surface area contributed by atoms with Crippen LogP contribution in [0.1, 0.15) is 23.6 Å². The molecule has 3 rings (SSSR count). The van der Waals surface area contributed by atoms with Crippen LogP contribution in [0.3, 0.4) is 0 Å². The van der Waals surface area contributed by atoms with Crippen molar-refractivity contribution >= 4 is 15.9 Å². The number of hydrogen-bond acceptors (Lipinski definition) is 3. The zero-order chi connectivity index (χ0) is 18.7. The van der Waals surface area contributed by atoms with Gasteiger partial charge in [0.05, 0.1) is 11.4 Å². The van der Waals surface area contributed by atoms with E-state index in [1.54, 1.807) is 36.1 Å². The third-order valence-corrected chi connectivity index (χ3v) is 6.74. The molecule has 1 heterocycles. The number of carbonyl (C=O) groups is 1. The zero-order valence-electron chi connectivity index (χ0n) is 15.2. The Morgan fingerprint density at radius 1 is 1.08 bits per heavy atom. The van der Waals surface area contributed by atoms with Gasteiger partial charge in [-0.15, -0.1) is 0 Å². The lowest BCUT2D eigenvalue weighted by atomic mass is 10.00. The second kappa shape index (κ2) is 7.60. The predicted octanol–water partition coefficient (Wildman–Crippen LogP) is 2.59. The van der Waals surface area contributed by atoms with Crippen LogP contribution in [-0.2, 0) is 27.8 Å². The van der Waals surface area contributed by atoms with E-state index in [1.807, 2.05) is 25.1 Å². The smallest absolute Gasteiger partial charge is 0.243 e. The van der Waals surface area contributed by atoms with E-state index in [0.717, 1.165) is 17.5 Å². The van der Waals surface area contributed by atoms with Gasteiger partial charge in [-0.2, -0.15) is 4.31 Å². The van der Waals surface area contributed by atoms with Crippen LogP contribution in [-0.4, -0.2) is 43.2 Å². The molecule has 6 heteroatoms. The average Bonchev–Trinajstić information content (AvgIpc) is 2.65. The van der Waals surface area contributed by atoms with Crippen molar-refractivity contribution in [2.24, 2.45) is 0 Å². The number of hydrogen-bond donors (Lipinski definition) is 0. The maximum absolute atomic E-state index is 12.8. The summed E-state index contributed by atoms with van der Waals surface area (Å²) in [7, 11) is -3.68. The molecular formula is C20H24N2O3S. The Hall–Kier alpha value is -2.18. The quantitative estimate of drug-likeness (QED) is 0.811. The molecule has 2 aromatic rings. The highest BCUT2D eigenvalue weighted by molar-refractivity contribution is 7.89. The standard InChI is InChI=1S/C20H24N2O3S/c1-3-22(26(24,25)19-10-8-16(2)9-11-19)15-20(23)21-13-12-17-6-4-5-7-18(17)14-21/h4-11H,3,12-15H2,1-2H3. The van der Waals surface area contributed by atoms with Crippen molar-refractivity contribution in [3.05, 3.63) is 65.2 Å². The first-order chi connectivity index (χ1) is 12.4. The molecule has 1 aliphatic rings. The lowest BCUT2D eigenvalue weighted by molar-refractivity contribution is -0.132. The number of fused-ring (bicyclic) bond motifs is 1. The summed E-state index contributed by atoms with van der Waals surface area (Å²) < 4.78 is 26.9. The van der Waals surface area contributed by atoms with Crippen LogP contribution in [0, 0.1) is 6.92 Å². The minimum absolute atomic E-state index is 0.130. The molecule has 0 atom stereocenters. The molecular weight excluding hydrogens is 348 g/mol. The summed E-state index contributed by atoms with van der Waals surface area (Å²) in [6, 6.07) is 14.8. The van der Waals surface area contributed by atoms with Crippen LogP contribution >= 0.6 is 0 Å². The third-order valence-electron chi connectivity index (χ3n) is 4.81. The summed E-state index contributed by atoms with van der Waals surface area (Å²) >= 11 is 0. The van der Waals surface area contributed by atoms with E-state index < -0.39 is 10.0 Å². The molecule has 5 nitrogen and oxygen atoms in total. The van der Waals surface area contributed by atoms with Crippen LogP contribution in [0.2, 0.25) is 0 Å². The fraction of sp³-hybridized carbons (Fsp3) is 0.350. The molecule has 0 spiro atoms. The molecule has 0 aliphatic carbocycles. The molecule has 138 valence electrons. The number of benzene rings is 2. The van der Waals surface area contributed by atoms with Crippen molar-refractivity contribution in [2.75, 3.05) is 19.6 Å². The lowest BCUT2D eigenvalue weighted by Gasteiger charge is -2.30. The highest BCUT2D eigenvalue weighted by atomic mass is 32.2. The predicted molar refractivity (Wildman–Crippen MR) is 101 cm³/mol. The third kappa shape index (κ3) is 3.81. The van der Waals surface area contributed by atoms with E-state index in [-0.39, 0.29) is 23.9 Å². The average molecular weight is 372 g/mol. The first-order valence-corrected chi connectivity index (χ1v) is 10.3. The number of likely N-dealkylation sites (N-methyl/N-ethyl adjacent to an activating group) is 1. The van der Waals surface area contributed by atoms with Gasteiger partial charge in [0.2, 0.25) is 15.9 Å². The minimum atomic E-state index is -3.68. The lowest BCUT2D eigenvalue weighted by Crippen LogP contribution is -2.44. The summed E-state index contributed by atoms with van der Waals surface area (Å²) in [5, 5.41) is 0. The molecule has 1 amide bonds. The second-order valence-electron chi connectivity index (χ2n) is 6.58. The molecule has 0 N–H and O–H groups in total. The van der Waals surface area contributed by atoms with Crippen LogP contribution < -0.4 is 0 Å². The number of rotatable bonds is 5. The molecule has 0 fully saturated rings. The van der Waals surface area contributed by atoms with Gasteiger partial charge in [0.15, 0.2) is 0 Å². The summed E-state index contributed by atoms with van der Waals surface area (Å²) in [6.07, 6.45) is 0.804. The Balaban J connectivity index is 1.74. The molecule has 2 aromatic carbocycles. The molecule has 0 saturated heterocycles. The molecule has 26 heavy (non-hydrogen) atoms. The van der Waals surface area contributed by atoms with Gasteiger partial charge in [0, 0.05) is 19.6 Å². The Kier molecular flexibility index (Phi) is 5.44. The minimum Gasteiger partial charge on any atom is -0.337 e. The number of carbonyl (C=O) groups excluding carboxylic acids is 1. The fourth-order valence-electron chi connectivity index (χ4n) is 3.19. The van der Waals surface area contributed by atoms with E-state index in [2.05, 4.69) is 6.07 Å². The molecule has 0 bridgehead atoms. The van der Waals surface area contributed by atoms with Crippen molar-refractivity contribution < 1.29 is 13.2 Å². The van der Waals surface area contributed by atoms with E-state index in [9.17, 15) is 13.2 Å². The van der Waals surface area contributed by atoms with E-state index in [1.165, 1.54) is 9.87 Å². The van der Waals surface area contributed by atoms with Crippen LogP contribution in [0.15, 0.2) is 53.4 Å². The highest BCUT2D eigenvalue weighted by Crippen LogP contribution is 2.20. The summed E-state index contributed by atoms with van der Waals surface area (Å²) in [6.45, 7) is 4.95. The van der Waals surface area contributed by atoms with Gasteiger partial charge in [-0.25, -0.2) is 8.42 Å².